The summed E-state index contributed by atoms with van der Waals surface area (Å²) in [4.78, 5) is 35.2. The number of pyridine rings is 1. The number of hydrogen-bond donors (Lipinski definition) is 2. The Kier molecular flexibility index (Phi) is 5.04. The van der Waals surface area contributed by atoms with Gasteiger partial charge in [0.1, 0.15) is 5.02 Å². The van der Waals surface area contributed by atoms with E-state index in [0.717, 1.165) is 0 Å². The van der Waals surface area contributed by atoms with Crippen molar-refractivity contribution in [1.82, 2.24) is 15.0 Å². The third-order valence-corrected chi connectivity index (χ3v) is 4.70. The van der Waals surface area contributed by atoms with Gasteiger partial charge in [0.25, 0.3) is 5.56 Å². The van der Waals surface area contributed by atoms with Gasteiger partial charge in [0.15, 0.2) is 22.8 Å². The first-order valence-corrected chi connectivity index (χ1v) is 8.43. The van der Waals surface area contributed by atoms with Crippen LogP contribution in [0.25, 0.3) is 10.9 Å². The number of esters is 1. The lowest BCUT2D eigenvalue weighted by atomic mass is 10.2. The summed E-state index contributed by atoms with van der Waals surface area (Å²) < 4.78 is 5.28. The number of fused-ring (bicyclic) bond motifs is 1. The number of nitrogen functional groups attached to an aromatic ring is 1. The minimum atomic E-state index is -0.886. The number of carbonyl (C=O) groups excluding carboxylic acids is 1. The van der Waals surface area contributed by atoms with E-state index in [1.54, 1.807) is 31.2 Å². The number of nitrogens with zero attached hydrogens (tertiary/aromatic N) is 2. The van der Waals surface area contributed by atoms with Gasteiger partial charge in [-0.05, 0) is 19.1 Å². The third-order valence-electron chi connectivity index (χ3n) is 3.57. The predicted octanol–water partition coefficient (Wildman–Crippen LogP) is 3.78. The maximum atomic E-state index is 12.4. The first-order chi connectivity index (χ1) is 12.3. The quantitative estimate of drug-likeness (QED) is 0.499. The Labute approximate surface area is 162 Å². The Morgan fingerprint density at radius 2 is 1.88 bits per heavy atom. The molecule has 1 atom stereocenters. The predicted molar refractivity (Wildman–Crippen MR) is 99.9 cm³/mol. The number of aromatic amines is 1. The van der Waals surface area contributed by atoms with E-state index in [1.165, 1.54) is 0 Å². The Morgan fingerprint density at radius 1 is 1.19 bits per heavy atom. The Morgan fingerprint density at radius 3 is 2.62 bits per heavy atom. The van der Waals surface area contributed by atoms with E-state index < -0.39 is 12.1 Å². The van der Waals surface area contributed by atoms with Crippen LogP contribution >= 0.6 is 34.8 Å². The van der Waals surface area contributed by atoms with E-state index in [9.17, 15) is 9.59 Å². The van der Waals surface area contributed by atoms with Crippen molar-refractivity contribution in [2.75, 3.05) is 5.73 Å². The molecule has 3 N–H and O–H groups in total. The molecule has 0 aliphatic carbocycles. The van der Waals surface area contributed by atoms with Crippen LogP contribution in [0.15, 0.2) is 29.1 Å². The topological polar surface area (TPSA) is 111 Å². The summed E-state index contributed by atoms with van der Waals surface area (Å²) in [5.74, 6) is -0.713. The summed E-state index contributed by atoms with van der Waals surface area (Å²) in [6.45, 7) is 1.54. The molecule has 0 saturated heterocycles. The molecule has 134 valence electrons. The number of carbonyl (C=O) groups is 1. The van der Waals surface area contributed by atoms with Crippen molar-refractivity contribution in [3.05, 3.63) is 61.3 Å². The van der Waals surface area contributed by atoms with Crippen LogP contribution in [0.1, 0.15) is 29.3 Å². The second-order valence-electron chi connectivity index (χ2n) is 5.31. The van der Waals surface area contributed by atoms with E-state index in [0.29, 0.717) is 10.9 Å². The lowest BCUT2D eigenvalue weighted by Crippen LogP contribution is -2.18. The third kappa shape index (κ3) is 3.33. The zero-order chi connectivity index (χ0) is 19.0. The minimum absolute atomic E-state index is 0.0539. The van der Waals surface area contributed by atoms with Crippen LogP contribution in [0.2, 0.25) is 15.2 Å². The molecule has 0 fully saturated rings. The summed E-state index contributed by atoms with van der Waals surface area (Å²) in [5, 5.41) is 0.0282. The van der Waals surface area contributed by atoms with Crippen molar-refractivity contribution in [3.63, 3.8) is 0 Å². The fourth-order valence-electron chi connectivity index (χ4n) is 2.24. The largest absolute Gasteiger partial charge is 0.450 e. The van der Waals surface area contributed by atoms with E-state index in [4.69, 9.17) is 45.3 Å². The van der Waals surface area contributed by atoms with Gasteiger partial charge in [-0.25, -0.2) is 14.8 Å². The van der Waals surface area contributed by atoms with Gasteiger partial charge in [0, 0.05) is 0 Å². The smallest absolute Gasteiger partial charge is 0.359 e. The Bertz CT molecular complexity index is 1080. The maximum Gasteiger partial charge on any atom is 0.359 e. The summed E-state index contributed by atoms with van der Waals surface area (Å²) in [6.07, 6.45) is -0.881. The van der Waals surface area contributed by atoms with Crippen LogP contribution in [0.3, 0.4) is 0 Å². The molecule has 1 unspecified atom stereocenters. The van der Waals surface area contributed by atoms with Crippen LogP contribution in [-0.2, 0) is 4.74 Å². The molecular formula is C16H11Cl3N4O3. The number of aromatic nitrogens is 3. The molecule has 0 aliphatic rings. The van der Waals surface area contributed by atoms with Crippen LogP contribution in [0.4, 0.5) is 5.69 Å². The molecule has 10 heteroatoms. The zero-order valence-corrected chi connectivity index (χ0v) is 15.5. The van der Waals surface area contributed by atoms with Crippen LogP contribution in [-0.4, -0.2) is 20.9 Å². The van der Waals surface area contributed by atoms with Crippen molar-refractivity contribution >= 4 is 57.4 Å². The number of benzene rings is 1. The standard InChI is InChI=1S/C16H11Cl3N4O3/c1-6(14-21-8-5-3-2-4-7(8)15(24)23-14)26-16(25)12-9(17)11(20)10(18)13(19)22-12/h2-6H,1H3,(H2,20,22)(H,21,23,24). The normalized spacial score (nSPS) is 12.2. The average molecular weight is 414 g/mol. The number of hydrogen-bond acceptors (Lipinski definition) is 6. The van der Waals surface area contributed by atoms with E-state index in [-0.39, 0.29) is 38.0 Å². The molecule has 0 bridgehead atoms. The molecule has 7 nitrogen and oxygen atoms in total. The molecule has 0 aliphatic heterocycles. The minimum Gasteiger partial charge on any atom is -0.450 e. The summed E-state index contributed by atoms with van der Waals surface area (Å²) in [7, 11) is 0. The lowest BCUT2D eigenvalue weighted by Gasteiger charge is -2.14. The van der Waals surface area contributed by atoms with Crippen molar-refractivity contribution in [2.45, 2.75) is 13.0 Å². The molecule has 0 amide bonds. The van der Waals surface area contributed by atoms with Gasteiger partial charge >= 0.3 is 5.97 Å². The second kappa shape index (κ2) is 7.11. The highest BCUT2D eigenvalue weighted by Gasteiger charge is 2.24. The molecule has 0 spiro atoms. The number of anilines is 1. The SMILES string of the molecule is CC(OC(=O)c1nc(Cl)c(Cl)c(N)c1Cl)c1nc2ccccc2c(=O)[nH]1. The number of nitrogens with one attached hydrogen (secondary N) is 1. The highest BCUT2D eigenvalue weighted by atomic mass is 35.5. The van der Waals surface area contributed by atoms with Gasteiger partial charge in [-0.15, -0.1) is 0 Å². The molecule has 2 aromatic heterocycles. The molecule has 1 aromatic carbocycles. The highest BCUT2D eigenvalue weighted by molar-refractivity contribution is 6.46. The summed E-state index contributed by atoms with van der Waals surface area (Å²) >= 11 is 17.6. The van der Waals surface area contributed by atoms with E-state index >= 15 is 0 Å². The van der Waals surface area contributed by atoms with Gasteiger partial charge in [-0.1, -0.05) is 46.9 Å². The first kappa shape index (κ1) is 18.4. The summed E-state index contributed by atoms with van der Waals surface area (Å²) in [6, 6.07) is 6.80. The molecule has 3 rings (SSSR count). The van der Waals surface area contributed by atoms with E-state index in [2.05, 4.69) is 15.0 Å². The lowest BCUT2D eigenvalue weighted by molar-refractivity contribution is 0.0313. The van der Waals surface area contributed by atoms with Crippen molar-refractivity contribution in [2.24, 2.45) is 0 Å². The number of H-pyrrole nitrogens is 1. The van der Waals surface area contributed by atoms with Crippen molar-refractivity contribution < 1.29 is 9.53 Å². The Balaban J connectivity index is 1.92. The molecule has 3 aromatic rings. The van der Waals surface area contributed by atoms with Gasteiger partial charge in [-0.3, -0.25) is 4.79 Å². The van der Waals surface area contributed by atoms with E-state index in [1.807, 2.05) is 0 Å². The van der Waals surface area contributed by atoms with Gasteiger partial charge in [-0.2, -0.15) is 0 Å². The number of ether oxygens (including phenoxy) is 1. The molecule has 2 heterocycles. The molecule has 0 radical (unpaired) electrons. The summed E-state index contributed by atoms with van der Waals surface area (Å²) in [5.41, 5.74) is 5.46. The first-order valence-electron chi connectivity index (χ1n) is 7.29. The monoisotopic (exact) mass is 412 g/mol. The molecule has 26 heavy (non-hydrogen) atoms. The van der Waals surface area contributed by atoms with Crippen LogP contribution < -0.4 is 11.3 Å². The van der Waals surface area contributed by atoms with Crippen LogP contribution in [0.5, 0.6) is 0 Å². The highest BCUT2D eigenvalue weighted by Crippen LogP contribution is 2.35. The molecular weight excluding hydrogens is 403 g/mol. The number of nitrogens with two attached hydrogens (primary N) is 1. The second-order valence-corrected chi connectivity index (χ2v) is 6.42. The van der Waals surface area contributed by atoms with Crippen LogP contribution in [0, 0.1) is 0 Å². The fourth-order valence-corrected chi connectivity index (χ4v) is 2.82. The van der Waals surface area contributed by atoms with Gasteiger partial charge < -0.3 is 15.5 Å². The van der Waals surface area contributed by atoms with Gasteiger partial charge in [0.05, 0.1) is 21.6 Å². The Hall–Kier alpha value is -2.35. The number of halogens is 3. The zero-order valence-electron chi connectivity index (χ0n) is 13.2. The number of para-hydroxylation sites is 1. The van der Waals surface area contributed by atoms with Gasteiger partial charge in [0.2, 0.25) is 0 Å². The number of rotatable bonds is 3. The fraction of sp³-hybridized carbons (Fsp3) is 0.125. The average Bonchev–Trinajstić information content (AvgIpc) is 2.62. The molecule has 0 saturated carbocycles. The van der Waals surface area contributed by atoms with Crippen molar-refractivity contribution in [3.8, 4) is 0 Å². The maximum absolute atomic E-state index is 12.4. The van der Waals surface area contributed by atoms with Crippen molar-refractivity contribution in [1.29, 1.82) is 0 Å².